The quantitative estimate of drug-likeness (QED) is 0.429. The molecule has 13 heteroatoms. The lowest BCUT2D eigenvalue weighted by Crippen LogP contribution is -2.60. The van der Waals surface area contributed by atoms with Crippen LogP contribution in [0.1, 0.15) is 0 Å². The van der Waals surface area contributed by atoms with E-state index in [2.05, 4.69) is 0 Å². The molecule has 3 rings (SSSR count). The molecule has 11 nitrogen and oxygen atoms in total. The van der Waals surface area contributed by atoms with Crippen LogP contribution in [0.15, 0.2) is 53.4 Å². The van der Waals surface area contributed by atoms with Crippen molar-refractivity contribution in [1.82, 2.24) is 14.1 Å². The summed E-state index contributed by atoms with van der Waals surface area (Å²) in [5.41, 5.74) is 1.41. The average Bonchev–Trinajstić information content (AvgIpc) is 2.78. The number of benzene rings is 2. The van der Waals surface area contributed by atoms with Crippen molar-refractivity contribution in [3.05, 3.63) is 48.5 Å². The van der Waals surface area contributed by atoms with Gasteiger partial charge in [0.25, 0.3) is 5.91 Å². The summed E-state index contributed by atoms with van der Waals surface area (Å²) in [4.78, 5) is 12.0. The number of hydrogen-bond donors (Lipinski definition) is 2. The molecule has 1 aliphatic heterocycles. The van der Waals surface area contributed by atoms with Crippen LogP contribution in [0.2, 0.25) is 0 Å². The van der Waals surface area contributed by atoms with Crippen molar-refractivity contribution < 1.29 is 36.3 Å². The lowest BCUT2D eigenvalue weighted by Gasteiger charge is -2.38. The van der Waals surface area contributed by atoms with Crippen molar-refractivity contribution in [3.63, 3.8) is 0 Å². The van der Waals surface area contributed by atoms with Crippen LogP contribution < -0.4 is 15.0 Å². The van der Waals surface area contributed by atoms with Crippen LogP contribution in [-0.4, -0.2) is 75.6 Å². The molecule has 2 aromatic carbocycles. The number of nitrogens with zero attached hydrogens (tertiary/aromatic N) is 2. The number of sulfonamides is 2. The Morgan fingerprint density at radius 1 is 0.969 bits per heavy atom. The predicted molar refractivity (Wildman–Crippen MR) is 114 cm³/mol. The summed E-state index contributed by atoms with van der Waals surface area (Å²) in [6.07, 6.45) is 0.965. The second-order valence-electron chi connectivity index (χ2n) is 6.98. The minimum absolute atomic E-state index is 0.108. The lowest BCUT2D eigenvalue weighted by molar-refractivity contribution is -0.134. The topological polar surface area (TPSA) is 143 Å². The van der Waals surface area contributed by atoms with E-state index in [0.29, 0.717) is 17.2 Å². The van der Waals surface area contributed by atoms with Gasteiger partial charge < -0.3 is 9.47 Å². The summed E-state index contributed by atoms with van der Waals surface area (Å²) >= 11 is 0. The summed E-state index contributed by atoms with van der Waals surface area (Å²) in [5.74, 6) is 0.552. The van der Waals surface area contributed by atoms with E-state index in [-0.39, 0.29) is 18.0 Å². The summed E-state index contributed by atoms with van der Waals surface area (Å²) in [5, 5.41) is 9.03. The first kappa shape index (κ1) is 23.9. The van der Waals surface area contributed by atoms with Gasteiger partial charge in [-0.25, -0.2) is 22.3 Å². The molecular formula is C19H23N3O8S2. The minimum atomic E-state index is -4.17. The fourth-order valence-electron chi connectivity index (χ4n) is 3.21. The second kappa shape index (κ2) is 9.42. The maximum atomic E-state index is 13.2. The van der Waals surface area contributed by atoms with Gasteiger partial charge in [-0.15, -0.1) is 0 Å². The Kier molecular flexibility index (Phi) is 7.05. The van der Waals surface area contributed by atoms with E-state index in [4.69, 9.17) is 14.7 Å². The smallest absolute Gasteiger partial charge is 0.263 e. The number of nitrogens with one attached hydrogen (secondary N) is 1. The van der Waals surface area contributed by atoms with Crippen LogP contribution in [0.25, 0.3) is 0 Å². The third-order valence-electron chi connectivity index (χ3n) is 4.90. The molecule has 0 bridgehead atoms. The SMILES string of the molecule is COc1ccc(Oc2ccc(S(=O)(=O)N3CCN(S(C)(=O)=O)CC3C(=O)NO)cc2)cc1. The number of ether oxygens (including phenoxy) is 2. The van der Waals surface area contributed by atoms with E-state index >= 15 is 0 Å². The molecule has 1 unspecified atom stereocenters. The summed E-state index contributed by atoms with van der Waals surface area (Å²) < 4.78 is 62.6. The molecule has 0 saturated carbocycles. The van der Waals surface area contributed by atoms with Gasteiger partial charge in [-0.2, -0.15) is 8.61 Å². The molecule has 174 valence electrons. The van der Waals surface area contributed by atoms with Gasteiger partial charge in [0.2, 0.25) is 20.0 Å². The highest BCUT2D eigenvalue weighted by Gasteiger charge is 2.42. The fraction of sp³-hybridized carbons (Fsp3) is 0.316. The summed E-state index contributed by atoms with van der Waals surface area (Å²) in [6, 6.07) is 11.0. The summed E-state index contributed by atoms with van der Waals surface area (Å²) in [6.45, 7) is -0.785. The number of hydroxylamine groups is 1. The van der Waals surface area contributed by atoms with Crippen LogP contribution in [-0.2, 0) is 24.8 Å². The van der Waals surface area contributed by atoms with Crippen molar-refractivity contribution in [3.8, 4) is 17.2 Å². The van der Waals surface area contributed by atoms with Gasteiger partial charge in [-0.3, -0.25) is 10.0 Å². The Morgan fingerprint density at radius 2 is 1.50 bits per heavy atom. The number of methoxy groups -OCH3 is 1. The van der Waals surface area contributed by atoms with E-state index in [1.54, 1.807) is 31.4 Å². The first-order chi connectivity index (χ1) is 15.1. The second-order valence-corrected chi connectivity index (χ2v) is 10.9. The van der Waals surface area contributed by atoms with Crippen molar-refractivity contribution in [2.24, 2.45) is 0 Å². The van der Waals surface area contributed by atoms with Crippen LogP contribution in [0.5, 0.6) is 17.2 Å². The molecule has 0 aromatic heterocycles. The maximum Gasteiger partial charge on any atom is 0.263 e. The molecule has 1 fully saturated rings. The highest BCUT2D eigenvalue weighted by atomic mass is 32.2. The van der Waals surface area contributed by atoms with Gasteiger partial charge in [-0.05, 0) is 48.5 Å². The molecule has 1 atom stereocenters. The molecule has 0 aliphatic carbocycles. The van der Waals surface area contributed by atoms with Crippen molar-refractivity contribution >= 4 is 26.0 Å². The largest absolute Gasteiger partial charge is 0.497 e. The van der Waals surface area contributed by atoms with Gasteiger partial charge in [0, 0.05) is 19.6 Å². The summed E-state index contributed by atoms with van der Waals surface area (Å²) in [7, 11) is -6.27. The first-order valence-electron chi connectivity index (χ1n) is 9.39. The number of carbonyl (C=O) groups is 1. The van der Waals surface area contributed by atoms with Gasteiger partial charge in [-0.1, -0.05) is 0 Å². The molecule has 1 heterocycles. The van der Waals surface area contributed by atoms with Crippen LogP contribution in [0, 0.1) is 0 Å². The number of piperazine rings is 1. The van der Waals surface area contributed by atoms with E-state index < -0.39 is 38.5 Å². The van der Waals surface area contributed by atoms with Gasteiger partial charge in [0.1, 0.15) is 23.3 Å². The zero-order valence-corrected chi connectivity index (χ0v) is 19.0. The van der Waals surface area contributed by atoms with E-state index in [1.807, 2.05) is 0 Å². The van der Waals surface area contributed by atoms with Crippen molar-refractivity contribution in [2.75, 3.05) is 33.0 Å². The molecule has 32 heavy (non-hydrogen) atoms. The third-order valence-corrected chi connectivity index (χ3v) is 8.09. The average molecular weight is 486 g/mol. The van der Waals surface area contributed by atoms with E-state index in [0.717, 1.165) is 14.9 Å². The zero-order valence-electron chi connectivity index (χ0n) is 17.3. The lowest BCUT2D eigenvalue weighted by atomic mass is 10.2. The molecule has 1 aliphatic rings. The normalized spacial score (nSPS) is 18.2. The molecule has 0 radical (unpaired) electrons. The Balaban J connectivity index is 1.81. The Bertz CT molecular complexity index is 1170. The maximum absolute atomic E-state index is 13.2. The van der Waals surface area contributed by atoms with Crippen molar-refractivity contribution in [1.29, 1.82) is 0 Å². The van der Waals surface area contributed by atoms with Gasteiger partial charge in [0.15, 0.2) is 0 Å². The fourth-order valence-corrected chi connectivity index (χ4v) is 5.61. The van der Waals surface area contributed by atoms with Crippen LogP contribution in [0.3, 0.4) is 0 Å². The Labute approximate surface area is 186 Å². The van der Waals surface area contributed by atoms with Gasteiger partial charge in [0.05, 0.1) is 18.3 Å². The number of hydrogen-bond acceptors (Lipinski definition) is 8. The molecule has 2 aromatic rings. The third kappa shape index (κ3) is 5.19. The molecule has 1 amide bonds. The standard InChI is InChI=1S/C19H23N3O8S2/c1-29-14-3-5-15(6-4-14)30-16-7-9-17(10-8-16)32(27,28)22-12-11-21(31(2,25)26)13-18(22)19(23)20-24/h3-10,18,24H,11-13H2,1-2H3,(H,20,23). The zero-order chi connectivity index (χ0) is 23.5. The Morgan fingerprint density at radius 3 is 2.00 bits per heavy atom. The van der Waals surface area contributed by atoms with Crippen molar-refractivity contribution in [2.45, 2.75) is 10.9 Å². The minimum Gasteiger partial charge on any atom is -0.497 e. The van der Waals surface area contributed by atoms with E-state index in [9.17, 15) is 21.6 Å². The highest BCUT2D eigenvalue weighted by molar-refractivity contribution is 7.89. The van der Waals surface area contributed by atoms with E-state index in [1.165, 1.54) is 29.7 Å². The number of carbonyl (C=O) groups excluding carboxylic acids is 1. The molecule has 1 saturated heterocycles. The van der Waals surface area contributed by atoms with Gasteiger partial charge >= 0.3 is 0 Å². The number of rotatable bonds is 7. The molecular weight excluding hydrogens is 462 g/mol. The first-order valence-corrected chi connectivity index (χ1v) is 12.7. The van der Waals surface area contributed by atoms with Crippen LogP contribution >= 0.6 is 0 Å². The Hall–Kier alpha value is -2.71. The number of amides is 1. The predicted octanol–water partition coefficient (Wildman–Crippen LogP) is 0.627. The van der Waals surface area contributed by atoms with Crippen LogP contribution in [0.4, 0.5) is 0 Å². The monoisotopic (exact) mass is 485 g/mol. The molecule has 0 spiro atoms. The molecule has 2 N–H and O–H groups in total. The highest BCUT2D eigenvalue weighted by Crippen LogP contribution is 2.27.